The smallest absolute Gasteiger partial charge is 0.407 e. The Morgan fingerprint density at radius 2 is 1.94 bits per heavy atom. The number of carbonyl (C=O) groups is 2. The molecule has 0 aromatic carbocycles. The van der Waals surface area contributed by atoms with E-state index in [1.54, 1.807) is 13.8 Å². The molecule has 5 heteroatoms. The largest absolute Gasteiger partial charge is 0.450 e. The van der Waals surface area contributed by atoms with E-state index in [0.29, 0.717) is 25.7 Å². The topological polar surface area (TPSA) is 58.6 Å². The highest BCUT2D eigenvalue weighted by atomic mass is 16.5. The maximum Gasteiger partial charge on any atom is 0.407 e. The fourth-order valence-corrected chi connectivity index (χ4v) is 2.45. The summed E-state index contributed by atoms with van der Waals surface area (Å²) in [5.41, 5.74) is 0. The first kappa shape index (κ1) is 14.8. The number of rotatable bonds is 5. The van der Waals surface area contributed by atoms with Gasteiger partial charge in [0, 0.05) is 26.1 Å². The van der Waals surface area contributed by atoms with Crippen molar-refractivity contribution in [2.75, 3.05) is 19.7 Å². The first-order valence-electron chi connectivity index (χ1n) is 6.83. The molecule has 0 heterocycles. The van der Waals surface area contributed by atoms with Crippen molar-refractivity contribution in [1.29, 1.82) is 0 Å². The van der Waals surface area contributed by atoms with E-state index in [1.165, 1.54) is 19.3 Å². The minimum absolute atomic E-state index is 0.0903. The normalized spacial score (nSPS) is 16.1. The zero-order valence-electron chi connectivity index (χ0n) is 11.4. The van der Waals surface area contributed by atoms with Crippen molar-refractivity contribution in [3.8, 4) is 0 Å². The van der Waals surface area contributed by atoms with Gasteiger partial charge in [0.25, 0.3) is 0 Å². The lowest BCUT2D eigenvalue weighted by atomic mass is 9.94. The van der Waals surface area contributed by atoms with Crippen LogP contribution in [0.1, 0.15) is 46.0 Å². The molecule has 104 valence electrons. The zero-order chi connectivity index (χ0) is 13.4. The quantitative estimate of drug-likeness (QED) is 0.817. The predicted molar refractivity (Wildman–Crippen MR) is 69.3 cm³/mol. The Balaban J connectivity index is 2.33. The van der Waals surface area contributed by atoms with Crippen LogP contribution in [-0.4, -0.2) is 42.6 Å². The van der Waals surface area contributed by atoms with Crippen LogP contribution in [-0.2, 0) is 9.53 Å². The van der Waals surface area contributed by atoms with Crippen LogP contribution in [0, 0.1) is 0 Å². The molecule has 1 aliphatic rings. The van der Waals surface area contributed by atoms with Crippen LogP contribution in [0.2, 0.25) is 0 Å². The molecule has 0 radical (unpaired) electrons. The number of ether oxygens (including phenoxy) is 1. The van der Waals surface area contributed by atoms with Gasteiger partial charge >= 0.3 is 6.09 Å². The van der Waals surface area contributed by atoms with Gasteiger partial charge < -0.3 is 15.0 Å². The third kappa shape index (κ3) is 4.94. The Kier molecular flexibility index (Phi) is 6.54. The van der Waals surface area contributed by atoms with Crippen LogP contribution in [0.4, 0.5) is 4.79 Å². The molecule has 0 atom stereocenters. The van der Waals surface area contributed by atoms with Crippen molar-refractivity contribution < 1.29 is 14.3 Å². The van der Waals surface area contributed by atoms with E-state index in [1.807, 2.05) is 4.90 Å². The molecule has 18 heavy (non-hydrogen) atoms. The number of hydrogen-bond acceptors (Lipinski definition) is 3. The average Bonchev–Trinajstić information content (AvgIpc) is 2.35. The monoisotopic (exact) mass is 256 g/mol. The molecule has 1 rings (SSSR count). The van der Waals surface area contributed by atoms with Gasteiger partial charge in [0.1, 0.15) is 0 Å². The van der Waals surface area contributed by atoms with Crippen LogP contribution in [0.15, 0.2) is 0 Å². The van der Waals surface area contributed by atoms with E-state index in [-0.39, 0.29) is 5.91 Å². The molecular formula is C13H24N2O3. The molecule has 1 N–H and O–H groups in total. The number of hydrogen-bond donors (Lipinski definition) is 1. The van der Waals surface area contributed by atoms with Gasteiger partial charge in [-0.15, -0.1) is 0 Å². The van der Waals surface area contributed by atoms with Gasteiger partial charge in [-0.2, -0.15) is 0 Å². The molecule has 1 fully saturated rings. The summed E-state index contributed by atoms with van der Waals surface area (Å²) in [5.74, 6) is 0.0903. The highest BCUT2D eigenvalue weighted by molar-refractivity contribution is 5.73. The van der Waals surface area contributed by atoms with Crippen molar-refractivity contribution >= 4 is 12.0 Å². The van der Waals surface area contributed by atoms with Crippen molar-refractivity contribution in [3.05, 3.63) is 0 Å². The van der Waals surface area contributed by atoms with E-state index >= 15 is 0 Å². The number of alkyl carbamates (subject to hydrolysis) is 1. The lowest BCUT2D eigenvalue weighted by Crippen LogP contribution is -2.44. The number of amides is 2. The van der Waals surface area contributed by atoms with Gasteiger partial charge in [0.15, 0.2) is 0 Å². The van der Waals surface area contributed by atoms with Gasteiger partial charge in [-0.1, -0.05) is 19.3 Å². The lowest BCUT2D eigenvalue weighted by Gasteiger charge is -2.33. The van der Waals surface area contributed by atoms with Crippen LogP contribution in [0.3, 0.4) is 0 Å². The molecule has 1 saturated carbocycles. The number of carbonyl (C=O) groups excluding carboxylic acids is 2. The Morgan fingerprint density at radius 1 is 1.28 bits per heavy atom. The third-order valence-corrected chi connectivity index (χ3v) is 3.32. The van der Waals surface area contributed by atoms with Crippen LogP contribution >= 0.6 is 0 Å². The maximum atomic E-state index is 11.6. The Bertz CT molecular complexity index is 275. The maximum absolute atomic E-state index is 11.6. The van der Waals surface area contributed by atoms with Gasteiger partial charge in [0.2, 0.25) is 5.91 Å². The summed E-state index contributed by atoms with van der Waals surface area (Å²) in [6.45, 7) is 4.75. The van der Waals surface area contributed by atoms with E-state index in [9.17, 15) is 9.59 Å². The molecule has 0 bridgehead atoms. The number of nitrogens with one attached hydrogen (secondary N) is 1. The van der Waals surface area contributed by atoms with Crippen molar-refractivity contribution in [3.63, 3.8) is 0 Å². The van der Waals surface area contributed by atoms with Crippen LogP contribution < -0.4 is 5.32 Å². The molecule has 1 aliphatic carbocycles. The highest BCUT2D eigenvalue weighted by Gasteiger charge is 2.22. The molecule has 5 nitrogen and oxygen atoms in total. The van der Waals surface area contributed by atoms with Crippen molar-refractivity contribution in [2.45, 2.75) is 52.0 Å². The Labute approximate surface area is 109 Å². The second-order valence-electron chi connectivity index (χ2n) is 4.65. The zero-order valence-corrected chi connectivity index (χ0v) is 11.4. The minimum atomic E-state index is -0.412. The van der Waals surface area contributed by atoms with E-state index < -0.39 is 6.09 Å². The summed E-state index contributed by atoms with van der Waals surface area (Å²) in [5, 5.41) is 2.65. The Morgan fingerprint density at radius 3 is 2.50 bits per heavy atom. The summed E-state index contributed by atoms with van der Waals surface area (Å²) >= 11 is 0. The van der Waals surface area contributed by atoms with E-state index in [2.05, 4.69) is 5.32 Å². The fraction of sp³-hybridized carbons (Fsp3) is 0.846. The molecule has 0 unspecified atom stereocenters. The third-order valence-electron chi connectivity index (χ3n) is 3.32. The standard InChI is InChI=1S/C13H24N2O3/c1-3-18-13(17)14-9-10-15(11(2)16)12-7-5-4-6-8-12/h12H,3-10H2,1-2H3,(H,14,17). The molecule has 0 spiro atoms. The summed E-state index contributed by atoms with van der Waals surface area (Å²) in [6, 6.07) is 0.347. The molecule has 0 saturated heterocycles. The minimum Gasteiger partial charge on any atom is -0.450 e. The molecule has 2 amide bonds. The van der Waals surface area contributed by atoms with Crippen LogP contribution in [0.25, 0.3) is 0 Å². The summed E-state index contributed by atoms with van der Waals surface area (Å²) in [4.78, 5) is 24.6. The second kappa shape index (κ2) is 7.95. The molecule has 0 aliphatic heterocycles. The first-order valence-corrected chi connectivity index (χ1v) is 6.83. The molecular weight excluding hydrogens is 232 g/mol. The first-order chi connectivity index (χ1) is 8.65. The van der Waals surface area contributed by atoms with Gasteiger partial charge in [-0.05, 0) is 19.8 Å². The SMILES string of the molecule is CCOC(=O)NCCN(C(C)=O)C1CCCCC1. The van der Waals surface area contributed by atoms with Crippen molar-refractivity contribution in [1.82, 2.24) is 10.2 Å². The van der Waals surface area contributed by atoms with Crippen LogP contribution in [0.5, 0.6) is 0 Å². The van der Waals surface area contributed by atoms with Gasteiger partial charge in [-0.25, -0.2) is 4.79 Å². The molecule has 0 aromatic heterocycles. The van der Waals surface area contributed by atoms with Crippen molar-refractivity contribution in [2.24, 2.45) is 0 Å². The predicted octanol–water partition coefficient (Wildman–Crippen LogP) is 1.91. The fourth-order valence-electron chi connectivity index (χ4n) is 2.45. The average molecular weight is 256 g/mol. The van der Waals surface area contributed by atoms with E-state index in [4.69, 9.17) is 4.74 Å². The van der Waals surface area contributed by atoms with Gasteiger partial charge in [0.05, 0.1) is 6.61 Å². The Hall–Kier alpha value is -1.26. The van der Waals surface area contributed by atoms with E-state index in [0.717, 1.165) is 12.8 Å². The second-order valence-corrected chi connectivity index (χ2v) is 4.65. The lowest BCUT2D eigenvalue weighted by molar-refractivity contribution is -0.131. The summed E-state index contributed by atoms with van der Waals surface area (Å²) in [6.07, 6.45) is 5.41. The summed E-state index contributed by atoms with van der Waals surface area (Å²) < 4.78 is 4.78. The number of nitrogens with zero attached hydrogens (tertiary/aromatic N) is 1. The highest BCUT2D eigenvalue weighted by Crippen LogP contribution is 2.22. The summed E-state index contributed by atoms with van der Waals surface area (Å²) in [7, 11) is 0. The van der Waals surface area contributed by atoms with Gasteiger partial charge in [-0.3, -0.25) is 4.79 Å². The molecule has 0 aromatic rings.